The zero-order valence-corrected chi connectivity index (χ0v) is 19.2. The van der Waals surface area contributed by atoms with E-state index in [1.165, 1.54) is 6.92 Å². The van der Waals surface area contributed by atoms with Gasteiger partial charge in [0.05, 0.1) is 22.5 Å². The molecule has 0 radical (unpaired) electrons. The van der Waals surface area contributed by atoms with Crippen LogP contribution in [0, 0.1) is 6.92 Å². The van der Waals surface area contributed by atoms with Gasteiger partial charge in [-0.25, -0.2) is 0 Å². The molecule has 0 saturated heterocycles. The molecule has 4 aromatic carbocycles. The lowest BCUT2D eigenvalue weighted by molar-refractivity contribution is 0.0980. The second-order valence-electron chi connectivity index (χ2n) is 8.46. The summed E-state index contributed by atoms with van der Waals surface area (Å²) in [5.41, 5.74) is 10.3. The molecule has 6 heteroatoms. The van der Waals surface area contributed by atoms with E-state index in [-0.39, 0.29) is 39.9 Å². The number of anilines is 3. The lowest BCUT2D eigenvalue weighted by Crippen LogP contribution is -2.24. The molecule has 0 fully saturated rings. The number of Topliss-reactive ketones (excluding diaryl/α,β-unsaturated/α-hetero) is 1. The van der Waals surface area contributed by atoms with E-state index in [2.05, 4.69) is 5.32 Å². The SMILES string of the molecule is CC(=O)c1ccc(Oc2cc(Nc3ccc(C)cc3)c3c(c2N)C(=O)c2ccccc2C3=O)cc1. The van der Waals surface area contributed by atoms with Gasteiger partial charge < -0.3 is 15.8 Å². The number of ether oxygens (including phenoxy) is 1. The zero-order valence-electron chi connectivity index (χ0n) is 19.2. The van der Waals surface area contributed by atoms with Crippen LogP contribution < -0.4 is 15.8 Å². The Morgan fingerprint density at radius 2 is 1.43 bits per heavy atom. The van der Waals surface area contributed by atoms with Crippen molar-refractivity contribution in [3.8, 4) is 11.5 Å². The molecule has 0 bridgehead atoms. The van der Waals surface area contributed by atoms with E-state index in [0.717, 1.165) is 11.3 Å². The predicted molar refractivity (Wildman–Crippen MR) is 135 cm³/mol. The minimum Gasteiger partial charge on any atom is -0.455 e. The van der Waals surface area contributed by atoms with Crippen molar-refractivity contribution in [3.63, 3.8) is 0 Å². The highest BCUT2D eigenvalue weighted by Gasteiger charge is 2.35. The van der Waals surface area contributed by atoms with Gasteiger partial charge in [-0.2, -0.15) is 0 Å². The van der Waals surface area contributed by atoms with Crippen LogP contribution in [-0.4, -0.2) is 17.3 Å². The molecular formula is C29H22N2O4. The predicted octanol–water partition coefficient (Wildman–Crippen LogP) is 6.09. The summed E-state index contributed by atoms with van der Waals surface area (Å²) in [5.74, 6) is -0.00417. The fraction of sp³-hybridized carbons (Fsp3) is 0.0690. The van der Waals surface area contributed by atoms with Crippen LogP contribution in [0.5, 0.6) is 11.5 Å². The lowest BCUT2D eigenvalue weighted by Gasteiger charge is -2.24. The molecule has 4 aromatic rings. The van der Waals surface area contributed by atoms with Crippen molar-refractivity contribution in [2.75, 3.05) is 11.1 Å². The van der Waals surface area contributed by atoms with Gasteiger partial charge in [0.15, 0.2) is 23.1 Å². The second kappa shape index (κ2) is 8.57. The number of aryl methyl sites for hydroxylation is 1. The number of nitrogens with two attached hydrogens (primary N) is 1. The van der Waals surface area contributed by atoms with E-state index < -0.39 is 0 Å². The first-order valence-electron chi connectivity index (χ1n) is 11.1. The molecule has 3 N–H and O–H groups in total. The number of nitrogen functional groups attached to an aromatic ring is 1. The van der Waals surface area contributed by atoms with Gasteiger partial charge in [-0.15, -0.1) is 0 Å². The first-order chi connectivity index (χ1) is 16.8. The molecular weight excluding hydrogens is 440 g/mol. The standard InChI is InChI=1S/C29H22N2O4/c1-16-7-11-19(12-8-16)31-23-15-24(35-20-13-9-18(10-14-20)17(2)32)27(30)26-25(23)28(33)21-5-3-4-6-22(21)29(26)34/h3-15,31H,30H2,1-2H3. The van der Waals surface area contributed by atoms with E-state index >= 15 is 0 Å². The van der Waals surface area contributed by atoms with E-state index in [0.29, 0.717) is 28.1 Å². The minimum absolute atomic E-state index is 0.0581. The maximum Gasteiger partial charge on any atom is 0.196 e. The van der Waals surface area contributed by atoms with Crippen molar-refractivity contribution in [2.24, 2.45) is 0 Å². The summed E-state index contributed by atoms with van der Waals surface area (Å²) in [7, 11) is 0. The number of hydrogen-bond donors (Lipinski definition) is 2. The molecule has 6 nitrogen and oxygen atoms in total. The fourth-order valence-corrected chi connectivity index (χ4v) is 4.15. The maximum atomic E-state index is 13.5. The highest BCUT2D eigenvalue weighted by Crippen LogP contribution is 2.43. The summed E-state index contributed by atoms with van der Waals surface area (Å²) in [5, 5.41) is 3.27. The van der Waals surface area contributed by atoms with Crippen molar-refractivity contribution in [3.05, 3.63) is 112 Å². The number of carbonyl (C=O) groups is 3. The molecule has 0 unspecified atom stereocenters. The van der Waals surface area contributed by atoms with Crippen molar-refractivity contribution in [1.82, 2.24) is 0 Å². The highest BCUT2D eigenvalue weighted by atomic mass is 16.5. The van der Waals surface area contributed by atoms with Gasteiger partial charge in [-0.05, 0) is 50.2 Å². The summed E-state index contributed by atoms with van der Waals surface area (Å²) >= 11 is 0. The average molecular weight is 463 g/mol. The second-order valence-corrected chi connectivity index (χ2v) is 8.46. The van der Waals surface area contributed by atoms with Crippen molar-refractivity contribution >= 4 is 34.4 Å². The third kappa shape index (κ3) is 3.95. The Labute approximate surface area is 202 Å². The number of benzene rings is 4. The van der Waals surface area contributed by atoms with Crippen LogP contribution in [0.2, 0.25) is 0 Å². The Kier molecular flexibility index (Phi) is 5.41. The van der Waals surface area contributed by atoms with Gasteiger partial charge in [-0.3, -0.25) is 14.4 Å². The Balaban J connectivity index is 1.66. The van der Waals surface area contributed by atoms with Gasteiger partial charge in [-0.1, -0.05) is 42.0 Å². The van der Waals surface area contributed by atoms with Crippen molar-refractivity contribution < 1.29 is 19.1 Å². The first-order valence-corrected chi connectivity index (χ1v) is 11.1. The highest BCUT2D eigenvalue weighted by molar-refractivity contribution is 6.32. The van der Waals surface area contributed by atoms with Crippen LogP contribution in [0.1, 0.15) is 54.7 Å². The average Bonchev–Trinajstić information content (AvgIpc) is 2.86. The van der Waals surface area contributed by atoms with Gasteiger partial charge in [0.2, 0.25) is 0 Å². The fourth-order valence-electron chi connectivity index (χ4n) is 4.15. The van der Waals surface area contributed by atoms with Crippen LogP contribution in [-0.2, 0) is 0 Å². The number of carbonyl (C=O) groups excluding carboxylic acids is 3. The number of ketones is 3. The third-order valence-electron chi connectivity index (χ3n) is 6.02. The first kappa shape index (κ1) is 22.1. The Morgan fingerprint density at radius 3 is 2.03 bits per heavy atom. The van der Waals surface area contributed by atoms with Gasteiger partial charge >= 0.3 is 0 Å². The van der Waals surface area contributed by atoms with E-state index in [1.54, 1.807) is 54.6 Å². The number of nitrogens with one attached hydrogen (secondary N) is 1. The molecule has 0 heterocycles. The van der Waals surface area contributed by atoms with Gasteiger partial charge in [0, 0.05) is 28.4 Å². The summed E-state index contributed by atoms with van der Waals surface area (Å²) < 4.78 is 6.04. The normalized spacial score (nSPS) is 12.1. The van der Waals surface area contributed by atoms with E-state index in [4.69, 9.17) is 10.5 Å². The molecule has 0 spiro atoms. The van der Waals surface area contributed by atoms with E-state index in [1.807, 2.05) is 31.2 Å². The van der Waals surface area contributed by atoms with Crippen LogP contribution >= 0.6 is 0 Å². The number of fused-ring (bicyclic) bond motifs is 2. The topological polar surface area (TPSA) is 98.5 Å². The van der Waals surface area contributed by atoms with Crippen molar-refractivity contribution in [2.45, 2.75) is 13.8 Å². The summed E-state index contributed by atoms with van der Waals surface area (Å²) in [6, 6.07) is 22.6. The molecule has 0 aliphatic heterocycles. The maximum absolute atomic E-state index is 13.5. The van der Waals surface area contributed by atoms with Crippen LogP contribution in [0.25, 0.3) is 0 Å². The number of rotatable bonds is 5. The smallest absolute Gasteiger partial charge is 0.196 e. The molecule has 0 amide bonds. The Hall–Kier alpha value is -4.71. The molecule has 1 aliphatic rings. The van der Waals surface area contributed by atoms with E-state index in [9.17, 15) is 14.4 Å². The van der Waals surface area contributed by atoms with Crippen molar-refractivity contribution in [1.29, 1.82) is 0 Å². The minimum atomic E-state index is -0.336. The molecule has 5 rings (SSSR count). The molecule has 172 valence electrons. The molecule has 35 heavy (non-hydrogen) atoms. The molecule has 0 aromatic heterocycles. The lowest BCUT2D eigenvalue weighted by atomic mass is 9.82. The zero-order chi connectivity index (χ0) is 24.7. The number of hydrogen-bond acceptors (Lipinski definition) is 6. The largest absolute Gasteiger partial charge is 0.455 e. The van der Waals surface area contributed by atoms with Crippen LogP contribution in [0.15, 0.2) is 78.9 Å². The molecule has 1 aliphatic carbocycles. The Morgan fingerprint density at radius 1 is 0.829 bits per heavy atom. The summed E-state index contributed by atoms with van der Waals surface area (Å²) in [6.07, 6.45) is 0. The van der Waals surface area contributed by atoms with Crippen LogP contribution in [0.4, 0.5) is 17.1 Å². The molecule has 0 saturated carbocycles. The quantitative estimate of drug-likeness (QED) is 0.242. The monoisotopic (exact) mass is 462 g/mol. The Bertz CT molecular complexity index is 1500. The third-order valence-corrected chi connectivity index (χ3v) is 6.02. The van der Waals surface area contributed by atoms with Gasteiger partial charge in [0.25, 0.3) is 0 Å². The van der Waals surface area contributed by atoms with Gasteiger partial charge in [0.1, 0.15) is 5.75 Å². The molecule has 0 atom stereocenters. The summed E-state index contributed by atoms with van der Waals surface area (Å²) in [6.45, 7) is 3.47. The summed E-state index contributed by atoms with van der Waals surface area (Å²) in [4.78, 5) is 38.6. The van der Waals surface area contributed by atoms with Crippen LogP contribution in [0.3, 0.4) is 0 Å².